The van der Waals surface area contributed by atoms with Crippen LogP contribution in [-0.4, -0.2) is 0 Å². The molecular weight excluding hydrogens is 227 g/mol. The van der Waals surface area contributed by atoms with Crippen molar-refractivity contribution in [3.05, 3.63) is 13.8 Å². The first-order chi connectivity index (χ1) is 3.91. The van der Waals surface area contributed by atoms with Crippen molar-refractivity contribution in [1.82, 2.24) is 0 Å². The van der Waals surface area contributed by atoms with E-state index >= 15 is 0 Å². The van der Waals surface area contributed by atoms with Gasteiger partial charge in [0.15, 0.2) is 0 Å². The molecule has 0 aromatic rings. The zero-order chi connectivity index (χ0) is 6.24. The standard InChI is InChI=1S/C8H16.2Zn/c1-3-5-7-8-6-4-2;;/h1-8H2;;/q-2;;. The Morgan fingerprint density at radius 3 is 1.10 bits per heavy atom. The minimum absolute atomic E-state index is 0. The van der Waals surface area contributed by atoms with Crippen molar-refractivity contribution in [2.24, 2.45) is 0 Å². The van der Waals surface area contributed by atoms with E-state index in [1.807, 2.05) is 0 Å². The predicted molar refractivity (Wildman–Crippen MR) is 38.4 cm³/mol. The van der Waals surface area contributed by atoms with Crippen molar-refractivity contribution in [2.45, 2.75) is 38.5 Å². The molecule has 54 valence electrons. The number of hydrogen-bond acceptors (Lipinski definition) is 0. The van der Waals surface area contributed by atoms with Crippen molar-refractivity contribution in [3.63, 3.8) is 0 Å². The number of unbranched alkanes of at least 4 members (excludes halogenated alkanes) is 5. The second kappa shape index (κ2) is 16.7. The van der Waals surface area contributed by atoms with Gasteiger partial charge in [0.1, 0.15) is 0 Å². The average Bonchev–Trinajstić information content (AvgIpc) is 1.81. The van der Waals surface area contributed by atoms with Crippen molar-refractivity contribution in [3.8, 4) is 0 Å². The van der Waals surface area contributed by atoms with Gasteiger partial charge < -0.3 is 13.8 Å². The van der Waals surface area contributed by atoms with Gasteiger partial charge in [0.2, 0.25) is 0 Å². The van der Waals surface area contributed by atoms with Crippen molar-refractivity contribution < 1.29 is 39.0 Å². The summed E-state index contributed by atoms with van der Waals surface area (Å²) in [4.78, 5) is 0. The minimum Gasteiger partial charge on any atom is -0.343 e. The van der Waals surface area contributed by atoms with Crippen LogP contribution in [-0.2, 0) is 39.0 Å². The monoisotopic (exact) mass is 240 g/mol. The quantitative estimate of drug-likeness (QED) is 0.395. The van der Waals surface area contributed by atoms with Gasteiger partial charge >= 0.3 is 0 Å². The SMILES string of the molecule is [CH2-]CCCCCC[CH2-].[Zn].[Zn]. The number of rotatable bonds is 5. The Morgan fingerprint density at radius 2 is 0.900 bits per heavy atom. The fraction of sp³-hybridized carbons (Fsp3) is 0.750. The molecule has 0 aliphatic rings. The van der Waals surface area contributed by atoms with E-state index in [4.69, 9.17) is 0 Å². The largest absolute Gasteiger partial charge is 0.343 e. The molecule has 0 spiro atoms. The van der Waals surface area contributed by atoms with Crippen LogP contribution in [0.5, 0.6) is 0 Å². The normalized spacial score (nSPS) is 7.80. The van der Waals surface area contributed by atoms with E-state index < -0.39 is 0 Å². The van der Waals surface area contributed by atoms with Crippen LogP contribution >= 0.6 is 0 Å². The van der Waals surface area contributed by atoms with Crippen LogP contribution in [0.1, 0.15) is 38.5 Å². The molecule has 0 heterocycles. The van der Waals surface area contributed by atoms with Crippen LogP contribution in [0.25, 0.3) is 0 Å². The second-order valence-electron chi connectivity index (χ2n) is 2.12. The molecule has 0 fully saturated rings. The summed E-state index contributed by atoms with van der Waals surface area (Å²) in [5.41, 5.74) is 0. The fourth-order valence-corrected chi connectivity index (χ4v) is 0.707. The maximum Gasteiger partial charge on any atom is 0 e. The molecule has 0 atom stereocenters. The smallest absolute Gasteiger partial charge is 0 e. The summed E-state index contributed by atoms with van der Waals surface area (Å²) in [6, 6.07) is 0. The summed E-state index contributed by atoms with van der Waals surface area (Å²) >= 11 is 0. The van der Waals surface area contributed by atoms with E-state index in [0.29, 0.717) is 0 Å². The Morgan fingerprint density at radius 1 is 0.600 bits per heavy atom. The molecule has 0 saturated heterocycles. The molecule has 0 bridgehead atoms. The molecule has 0 saturated carbocycles. The molecule has 0 aromatic carbocycles. The summed E-state index contributed by atoms with van der Waals surface area (Å²) in [5, 5.41) is 0. The second-order valence-corrected chi connectivity index (χ2v) is 2.12. The van der Waals surface area contributed by atoms with E-state index in [2.05, 4.69) is 13.8 Å². The predicted octanol–water partition coefficient (Wildman–Crippen LogP) is 2.99. The van der Waals surface area contributed by atoms with E-state index in [0.717, 1.165) is 12.8 Å². The third-order valence-corrected chi connectivity index (χ3v) is 1.25. The maximum absolute atomic E-state index is 3.77. The molecule has 0 unspecified atom stereocenters. The molecule has 0 rings (SSSR count). The minimum atomic E-state index is 0. The van der Waals surface area contributed by atoms with Crippen molar-refractivity contribution in [1.29, 1.82) is 0 Å². The van der Waals surface area contributed by atoms with Crippen LogP contribution in [0.4, 0.5) is 0 Å². The molecule has 0 N–H and O–H groups in total. The number of hydrogen-bond donors (Lipinski definition) is 0. The third kappa shape index (κ3) is 16.1. The van der Waals surface area contributed by atoms with Crippen LogP contribution in [0.3, 0.4) is 0 Å². The molecule has 0 radical (unpaired) electrons. The van der Waals surface area contributed by atoms with Gasteiger partial charge in [0.25, 0.3) is 0 Å². The molecule has 0 aliphatic heterocycles. The average molecular weight is 243 g/mol. The van der Waals surface area contributed by atoms with Gasteiger partial charge in [0.05, 0.1) is 0 Å². The summed E-state index contributed by atoms with van der Waals surface area (Å²) in [5.74, 6) is 0. The fourth-order valence-electron chi connectivity index (χ4n) is 0.707. The Balaban J connectivity index is -0.000000245. The molecule has 0 amide bonds. The third-order valence-electron chi connectivity index (χ3n) is 1.25. The first kappa shape index (κ1) is 17.4. The molecular formula is C8H16Zn2-2. The zero-order valence-electron chi connectivity index (χ0n) is 7.07. The van der Waals surface area contributed by atoms with E-state index in [-0.39, 0.29) is 39.0 Å². The van der Waals surface area contributed by atoms with Gasteiger partial charge in [-0.1, -0.05) is 25.7 Å². The Kier molecular flexibility index (Phi) is 29.0. The van der Waals surface area contributed by atoms with Gasteiger partial charge in [0, 0.05) is 39.0 Å². The molecule has 0 aliphatic carbocycles. The Hall–Kier alpha value is 1.25. The van der Waals surface area contributed by atoms with Crippen LogP contribution in [0, 0.1) is 13.8 Å². The van der Waals surface area contributed by atoms with Crippen LogP contribution in [0.2, 0.25) is 0 Å². The van der Waals surface area contributed by atoms with E-state index in [1.165, 1.54) is 25.7 Å². The molecule has 0 aromatic heterocycles. The maximum atomic E-state index is 3.77. The summed E-state index contributed by atoms with van der Waals surface area (Å²) in [6.07, 6.45) is 7.46. The first-order valence-corrected chi connectivity index (χ1v) is 3.50. The van der Waals surface area contributed by atoms with Gasteiger partial charge in [-0.05, 0) is 0 Å². The Bertz CT molecular complexity index is 32.2. The Labute approximate surface area is 91.1 Å². The van der Waals surface area contributed by atoms with Crippen molar-refractivity contribution >= 4 is 0 Å². The van der Waals surface area contributed by atoms with Crippen LogP contribution < -0.4 is 0 Å². The zero-order valence-corrected chi connectivity index (χ0v) is 13.0. The van der Waals surface area contributed by atoms with Gasteiger partial charge in [-0.3, -0.25) is 0 Å². The van der Waals surface area contributed by atoms with Gasteiger partial charge in [-0.2, -0.15) is 12.8 Å². The van der Waals surface area contributed by atoms with Crippen molar-refractivity contribution in [2.75, 3.05) is 0 Å². The molecule has 0 nitrogen and oxygen atoms in total. The topological polar surface area (TPSA) is 0 Å². The first-order valence-electron chi connectivity index (χ1n) is 3.50. The molecule has 10 heavy (non-hydrogen) atoms. The van der Waals surface area contributed by atoms with Crippen LogP contribution in [0.15, 0.2) is 0 Å². The van der Waals surface area contributed by atoms with Gasteiger partial charge in [-0.25, -0.2) is 0 Å². The molecule has 2 heteroatoms. The summed E-state index contributed by atoms with van der Waals surface area (Å²) in [7, 11) is 0. The summed E-state index contributed by atoms with van der Waals surface area (Å²) < 4.78 is 0. The summed E-state index contributed by atoms with van der Waals surface area (Å²) in [6.45, 7) is 7.54. The van der Waals surface area contributed by atoms with E-state index in [9.17, 15) is 0 Å². The van der Waals surface area contributed by atoms with E-state index in [1.54, 1.807) is 0 Å². The van der Waals surface area contributed by atoms with Gasteiger partial charge in [-0.15, -0.1) is 0 Å².